The zero-order valence-electron chi connectivity index (χ0n) is 32.1. The van der Waals surface area contributed by atoms with Gasteiger partial charge in [0.25, 0.3) is 0 Å². The van der Waals surface area contributed by atoms with E-state index in [1.54, 1.807) is 0 Å². The van der Waals surface area contributed by atoms with Gasteiger partial charge in [-0.05, 0) is 86.0 Å². The van der Waals surface area contributed by atoms with Crippen molar-refractivity contribution in [2.45, 2.75) is 19.3 Å². The summed E-state index contributed by atoms with van der Waals surface area (Å²) in [6.07, 6.45) is 0. The lowest BCUT2D eigenvalue weighted by molar-refractivity contribution is 0.660. The van der Waals surface area contributed by atoms with Crippen molar-refractivity contribution in [1.29, 1.82) is 0 Å². The average molecular weight is 760 g/mol. The van der Waals surface area contributed by atoms with Crippen LogP contribution in [0.5, 0.6) is 0 Å². The molecule has 0 amide bonds. The van der Waals surface area contributed by atoms with Crippen LogP contribution in [0.4, 0.5) is 0 Å². The van der Waals surface area contributed by atoms with Gasteiger partial charge in [0.15, 0.2) is 17.5 Å². The Kier molecular flexibility index (Phi) is 8.02. The van der Waals surface area contributed by atoms with Gasteiger partial charge in [0.2, 0.25) is 0 Å². The molecule has 8 aromatic carbocycles. The van der Waals surface area contributed by atoms with E-state index in [4.69, 9.17) is 15.0 Å². The minimum atomic E-state index is -0.0163. The standard InChI is InChI=1S/C54H37N3S/c1-54(2)46-21-10-9-19-42(46)44-32-40(27-29-47(44)54)35-23-25-37(26-24-35)52-55-51(36-15-7-4-8-16-36)56-53(57-52)43-20-12-22-49-50(43)45-33-41(28-30-48(45)58-49)39-18-11-17-38(31-39)34-13-5-3-6-14-34/h3-33H,1-2H3. The summed E-state index contributed by atoms with van der Waals surface area (Å²) in [5.41, 5.74) is 15.4. The largest absolute Gasteiger partial charge is 0.208 e. The molecule has 1 aliphatic carbocycles. The molecule has 0 N–H and O–H groups in total. The van der Waals surface area contributed by atoms with E-state index >= 15 is 0 Å². The summed E-state index contributed by atoms with van der Waals surface area (Å²) in [5.74, 6) is 1.96. The van der Waals surface area contributed by atoms with Gasteiger partial charge in [-0.1, -0.05) is 172 Å². The van der Waals surface area contributed by atoms with E-state index in [2.05, 4.69) is 184 Å². The molecule has 0 radical (unpaired) electrons. The highest BCUT2D eigenvalue weighted by Crippen LogP contribution is 2.49. The van der Waals surface area contributed by atoms with Crippen molar-refractivity contribution < 1.29 is 0 Å². The van der Waals surface area contributed by atoms with Gasteiger partial charge < -0.3 is 0 Å². The van der Waals surface area contributed by atoms with Crippen molar-refractivity contribution in [3.05, 3.63) is 199 Å². The van der Waals surface area contributed by atoms with Gasteiger partial charge in [-0.25, -0.2) is 15.0 Å². The van der Waals surface area contributed by atoms with E-state index in [9.17, 15) is 0 Å². The molecular formula is C54H37N3S. The fraction of sp³-hybridized carbons (Fsp3) is 0.0556. The van der Waals surface area contributed by atoms with Gasteiger partial charge in [-0.3, -0.25) is 0 Å². The van der Waals surface area contributed by atoms with Gasteiger partial charge in [0, 0.05) is 42.3 Å². The first-order valence-electron chi connectivity index (χ1n) is 19.8. The second-order valence-corrected chi connectivity index (χ2v) is 16.7. The van der Waals surface area contributed by atoms with Crippen molar-refractivity contribution in [3.63, 3.8) is 0 Å². The molecule has 10 aromatic rings. The number of hydrogen-bond donors (Lipinski definition) is 0. The molecule has 3 nitrogen and oxygen atoms in total. The molecule has 0 fully saturated rings. The molecule has 11 rings (SSSR count). The fourth-order valence-electron chi connectivity index (χ4n) is 8.75. The van der Waals surface area contributed by atoms with Gasteiger partial charge in [0.05, 0.1) is 0 Å². The lowest BCUT2D eigenvalue weighted by atomic mass is 9.82. The van der Waals surface area contributed by atoms with Crippen molar-refractivity contribution >= 4 is 31.5 Å². The van der Waals surface area contributed by atoms with Gasteiger partial charge in [-0.2, -0.15) is 0 Å². The van der Waals surface area contributed by atoms with E-state index in [0.717, 1.165) is 27.6 Å². The third kappa shape index (κ3) is 5.76. The maximum absolute atomic E-state index is 5.23. The summed E-state index contributed by atoms with van der Waals surface area (Å²) in [5, 5.41) is 2.36. The first kappa shape index (κ1) is 34.3. The van der Waals surface area contributed by atoms with E-state index in [1.165, 1.54) is 64.9 Å². The Bertz CT molecular complexity index is 3180. The number of nitrogens with zero attached hydrogens (tertiary/aromatic N) is 3. The third-order valence-electron chi connectivity index (χ3n) is 11.8. The molecule has 274 valence electrons. The molecule has 0 atom stereocenters. The molecule has 0 saturated carbocycles. The fourth-order valence-corrected chi connectivity index (χ4v) is 9.87. The van der Waals surface area contributed by atoms with Crippen LogP contribution in [0.15, 0.2) is 188 Å². The molecule has 0 unspecified atom stereocenters. The lowest BCUT2D eigenvalue weighted by Gasteiger charge is -2.21. The van der Waals surface area contributed by atoms with Gasteiger partial charge in [0.1, 0.15) is 0 Å². The zero-order valence-corrected chi connectivity index (χ0v) is 33.0. The zero-order chi connectivity index (χ0) is 38.8. The number of aromatic nitrogens is 3. The molecule has 4 heteroatoms. The topological polar surface area (TPSA) is 38.7 Å². The van der Waals surface area contributed by atoms with Crippen LogP contribution in [0.1, 0.15) is 25.0 Å². The van der Waals surface area contributed by atoms with Crippen molar-refractivity contribution in [2.24, 2.45) is 0 Å². The van der Waals surface area contributed by atoms with Crippen LogP contribution in [0, 0.1) is 0 Å². The Morgan fingerprint density at radius 1 is 0.345 bits per heavy atom. The number of rotatable bonds is 6. The summed E-state index contributed by atoms with van der Waals surface area (Å²) in [7, 11) is 0. The number of fused-ring (bicyclic) bond motifs is 6. The normalized spacial score (nSPS) is 12.8. The second kappa shape index (κ2) is 13.6. The van der Waals surface area contributed by atoms with Crippen LogP contribution in [-0.2, 0) is 5.41 Å². The van der Waals surface area contributed by atoms with Crippen LogP contribution in [-0.4, -0.2) is 15.0 Å². The number of benzene rings is 8. The molecular weight excluding hydrogens is 723 g/mol. The molecule has 1 aliphatic rings. The number of hydrogen-bond acceptors (Lipinski definition) is 4. The third-order valence-corrected chi connectivity index (χ3v) is 12.9. The molecule has 2 aromatic heterocycles. The van der Waals surface area contributed by atoms with Crippen molar-refractivity contribution in [3.8, 4) is 78.7 Å². The summed E-state index contributed by atoms with van der Waals surface area (Å²) in [6.45, 7) is 4.65. The predicted octanol–water partition coefficient (Wildman–Crippen LogP) is 14.5. The Morgan fingerprint density at radius 3 is 1.62 bits per heavy atom. The van der Waals surface area contributed by atoms with Crippen molar-refractivity contribution in [2.75, 3.05) is 0 Å². The second-order valence-electron chi connectivity index (χ2n) is 15.6. The van der Waals surface area contributed by atoms with Crippen LogP contribution in [0.2, 0.25) is 0 Å². The molecule has 0 saturated heterocycles. The maximum Gasteiger partial charge on any atom is 0.164 e. The van der Waals surface area contributed by atoms with E-state index < -0.39 is 0 Å². The van der Waals surface area contributed by atoms with E-state index in [1.807, 2.05) is 29.5 Å². The highest BCUT2D eigenvalue weighted by Gasteiger charge is 2.35. The molecule has 2 heterocycles. The van der Waals surface area contributed by atoms with Crippen LogP contribution >= 0.6 is 11.3 Å². The molecule has 0 bridgehead atoms. The van der Waals surface area contributed by atoms with Gasteiger partial charge >= 0.3 is 0 Å². The highest BCUT2D eigenvalue weighted by molar-refractivity contribution is 7.26. The number of thiophene rings is 1. The summed E-state index contributed by atoms with van der Waals surface area (Å²) in [4.78, 5) is 15.5. The average Bonchev–Trinajstić information content (AvgIpc) is 3.78. The van der Waals surface area contributed by atoms with E-state index in [-0.39, 0.29) is 5.41 Å². The summed E-state index contributed by atoms with van der Waals surface area (Å²) < 4.78 is 2.44. The molecule has 58 heavy (non-hydrogen) atoms. The smallest absolute Gasteiger partial charge is 0.164 e. The van der Waals surface area contributed by atoms with Gasteiger partial charge in [-0.15, -0.1) is 11.3 Å². The monoisotopic (exact) mass is 759 g/mol. The first-order valence-corrected chi connectivity index (χ1v) is 20.6. The Morgan fingerprint density at radius 2 is 0.845 bits per heavy atom. The van der Waals surface area contributed by atoms with Crippen LogP contribution < -0.4 is 0 Å². The summed E-state index contributed by atoms with van der Waals surface area (Å²) in [6, 6.07) is 67.3. The SMILES string of the molecule is CC1(C)c2ccccc2-c2cc(-c3ccc(-c4nc(-c5ccccc5)nc(-c5cccc6sc7ccc(-c8cccc(-c9ccccc9)c8)cc7c56)n4)cc3)ccc21. The van der Waals surface area contributed by atoms with Crippen LogP contribution in [0.25, 0.3) is 98.8 Å². The quantitative estimate of drug-likeness (QED) is 0.169. The predicted molar refractivity (Wildman–Crippen MR) is 243 cm³/mol. The maximum atomic E-state index is 5.23. The molecule has 0 spiro atoms. The minimum Gasteiger partial charge on any atom is -0.208 e. The Labute approximate surface area is 342 Å². The Balaban J connectivity index is 1.01. The molecule has 0 aliphatic heterocycles. The van der Waals surface area contributed by atoms with Crippen LogP contribution in [0.3, 0.4) is 0 Å². The van der Waals surface area contributed by atoms with Crippen molar-refractivity contribution in [1.82, 2.24) is 15.0 Å². The lowest BCUT2D eigenvalue weighted by Crippen LogP contribution is -2.14. The van der Waals surface area contributed by atoms with E-state index in [0.29, 0.717) is 17.5 Å². The first-order chi connectivity index (χ1) is 28.5. The highest BCUT2D eigenvalue weighted by atomic mass is 32.1. The Hall–Kier alpha value is -7.01. The minimum absolute atomic E-state index is 0.0163. The summed E-state index contributed by atoms with van der Waals surface area (Å²) >= 11 is 1.81.